The van der Waals surface area contributed by atoms with Crippen LogP contribution in [0.4, 0.5) is 0 Å². The Balaban J connectivity index is -0.0000000800. The fraction of sp³-hybridized carbons (Fsp3) is 0.667. The van der Waals surface area contributed by atoms with Crippen LogP contribution in [0.1, 0.15) is 26.2 Å². The van der Waals surface area contributed by atoms with Crippen molar-refractivity contribution in [3.05, 3.63) is 14.4 Å². The summed E-state index contributed by atoms with van der Waals surface area (Å²) < 4.78 is 0. The van der Waals surface area contributed by atoms with Crippen molar-refractivity contribution in [1.82, 2.24) is 0 Å². The number of hydrogen-bond donors (Lipinski definition) is 0. The third-order valence-electron chi connectivity index (χ3n) is 0.604. The Morgan fingerprint density at radius 1 is 1.43 bits per heavy atom. The Morgan fingerprint density at radius 3 is 1.86 bits per heavy atom. The van der Waals surface area contributed by atoms with Crippen molar-refractivity contribution in [2.45, 2.75) is 26.2 Å². The standard InChI is InChI=1S/C5H11.CH3.Ba/c1-3-5-4-2;;/h1,3-5H2,2H3;1H3;/q2*-1;+2. The van der Waals surface area contributed by atoms with Crippen molar-refractivity contribution in [2.24, 2.45) is 0 Å². The van der Waals surface area contributed by atoms with Crippen LogP contribution in [0.3, 0.4) is 0 Å². The van der Waals surface area contributed by atoms with E-state index in [9.17, 15) is 0 Å². The molecule has 40 valence electrons. The van der Waals surface area contributed by atoms with Crippen LogP contribution < -0.4 is 0 Å². The molecule has 0 nitrogen and oxygen atoms in total. The predicted octanol–water partition coefficient (Wildman–Crippen LogP) is 2.08. The van der Waals surface area contributed by atoms with E-state index in [-0.39, 0.29) is 56.3 Å². The molecule has 0 fully saturated rings. The maximum absolute atomic E-state index is 3.68. The van der Waals surface area contributed by atoms with Gasteiger partial charge in [0, 0.05) is 0 Å². The van der Waals surface area contributed by atoms with Crippen LogP contribution in [0.25, 0.3) is 0 Å². The first-order chi connectivity index (χ1) is 2.41. The minimum atomic E-state index is 0. The van der Waals surface area contributed by atoms with Gasteiger partial charge in [0.2, 0.25) is 0 Å². The van der Waals surface area contributed by atoms with Crippen LogP contribution in [0, 0.1) is 14.4 Å². The summed E-state index contributed by atoms with van der Waals surface area (Å²) in [7, 11) is 0. The van der Waals surface area contributed by atoms with E-state index in [1.807, 2.05) is 0 Å². The summed E-state index contributed by atoms with van der Waals surface area (Å²) in [6.45, 7) is 5.85. The van der Waals surface area contributed by atoms with Crippen LogP contribution in [0.2, 0.25) is 0 Å². The van der Waals surface area contributed by atoms with E-state index in [0.717, 1.165) is 6.42 Å². The SMILES string of the molecule is [Ba+2].[CH2-]CCCC.[CH3-]. The minimum absolute atomic E-state index is 0. The second kappa shape index (κ2) is 15.6. The van der Waals surface area contributed by atoms with Gasteiger partial charge in [-0.2, -0.15) is 6.42 Å². The largest absolute Gasteiger partial charge is 2.00 e. The summed E-state index contributed by atoms with van der Waals surface area (Å²) in [6, 6.07) is 0. The van der Waals surface area contributed by atoms with Crippen LogP contribution in [0.5, 0.6) is 0 Å². The van der Waals surface area contributed by atoms with Gasteiger partial charge in [0.05, 0.1) is 0 Å². The summed E-state index contributed by atoms with van der Waals surface area (Å²) in [4.78, 5) is 0. The summed E-state index contributed by atoms with van der Waals surface area (Å²) in [5.74, 6) is 0. The molecule has 0 amide bonds. The first-order valence-corrected chi connectivity index (χ1v) is 2.21. The fourth-order valence-corrected chi connectivity index (χ4v) is 0.250. The van der Waals surface area contributed by atoms with E-state index in [1.165, 1.54) is 12.8 Å². The quantitative estimate of drug-likeness (QED) is 0.497. The molecule has 0 saturated heterocycles. The summed E-state index contributed by atoms with van der Waals surface area (Å²) >= 11 is 0. The molecule has 0 bridgehead atoms. The predicted molar refractivity (Wildman–Crippen MR) is 37.0 cm³/mol. The Kier molecular flexibility index (Phi) is 35.4. The second-order valence-electron chi connectivity index (χ2n) is 1.21. The molecule has 0 aliphatic carbocycles. The van der Waals surface area contributed by atoms with Crippen molar-refractivity contribution in [1.29, 1.82) is 0 Å². The molecular formula is C6H14Ba. The van der Waals surface area contributed by atoms with Crippen LogP contribution >= 0.6 is 0 Å². The van der Waals surface area contributed by atoms with Gasteiger partial charge in [0.25, 0.3) is 0 Å². The zero-order valence-corrected chi connectivity index (χ0v) is 9.98. The first kappa shape index (κ1) is 15.8. The Morgan fingerprint density at radius 2 is 1.86 bits per heavy atom. The third-order valence-corrected chi connectivity index (χ3v) is 0.604. The molecule has 1 heteroatoms. The second-order valence-corrected chi connectivity index (χ2v) is 1.21. The van der Waals surface area contributed by atoms with Gasteiger partial charge >= 0.3 is 48.9 Å². The molecule has 0 aliphatic heterocycles. The fourth-order valence-electron chi connectivity index (χ4n) is 0.250. The average molecular weight is 224 g/mol. The van der Waals surface area contributed by atoms with Crippen molar-refractivity contribution in [3.63, 3.8) is 0 Å². The zero-order chi connectivity index (χ0) is 4.12. The Labute approximate surface area is 88.1 Å². The van der Waals surface area contributed by atoms with E-state index in [2.05, 4.69) is 13.8 Å². The van der Waals surface area contributed by atoms with Crippen molar-refractivity contribution in [2.75, 3.05) is 0 Å². The molecule has 0 atom stereocenters. The molecule has 0 heterocycles. The Hall–Kier alpha value is 1.57. The number of hydrogen-bond acceptors (Lipinski definition) is 0. The molecule has 0 aromatic heterocycles. The van der Waals surface area contributed by atoms with Gasteiger partial charge in [-0.3, -0.25) is 0 Å². The van der Waals surface area contributed by atoms with Crippen molar-refractivity contribution < 1.29 is 0 Å². The van der Waals surface area contributed by atoms with Gasteiger partial charge in [-0.25, -0.2) is 0 Å². The molecule has 0 saturated carbocycles. The van der Waals surface area contributed by atoms with E-state index in [0.29, 0.717) is 0 Å². The molecule has 0 aromatic rings. The molecule has 0 N–H and O–H groups in total. The molecule has 0 aliphatic rings. The molecule has 0 radical (unpaired) electrons. The molecule has 7 heavy (non-hydrogen) atoms. The number of rotatable bonds is 2. The van der Waals surface area contributed by atoms with E-state index in [4.69, 9.17) is 0 Å². The van der Waals surface area contributed by atoms with Gasteiger partial charge in [-0.05, 0) is 0 Å². The zero-order valence-electron chi connectivity index (χ0n) is 5.54. The maximum atomic E-state index is 3.68. The van der Waals surface area contributed by atoms with Crippen LogP contribution in [0.15, 0.2) is 0 Å². The number of unbranched alkanes of at least 4 members (excludes halogenated alkanes) is 2. The van der Waals surface area contributed by atoms with E-state index < -0.39 is 0 Å². The molecule has 0 spiro atoms. The van der Waals surface area contributed by atoms with Gasteiger partial charge in [0.1, 0.15) is 0 Å². The van der Waals surface area contributed by atoms with Crippen molar-refractivity contribution in [3.8, 4) is 0 Å². The Bertz CT molecular complexity index is 11.7. The van der Waals surface area contributed by atoms with Crippen LogP contribution in [-0.4, -0.2) is 48.9 Å². The summed E-state index contributed by atoms with van der Waals surface area (Å²) in [5.41, 5.74) is 0. The van der Waals surface area contributed by atoms with E-state index in [1.54, 1.807) is 0 Å². The van der Waals surface area contributed by atoms with Gasteiger partial charge in [-0.1, -0.05) is 19.8 Å². The normalized spacial score (nSPS) is 6.00. The monoisotopic (exact) mass is 224 g/mol. The summed E-state index contributed by atoms with van der Waals surface area (Å²) in [5, 5.41) is 0. The molecule has 0 unspecified atom stereocenters. The van der Waals surface area contributed by atoms with Crippen molar-refractivity contribution >= 4 is 48.9 Å². The smallest absolute Gasteiger partial charge is 0.358 e. The van der Waals surface area contributed by atoms with E-state index >= 15 is 0 Å². The topological polar surface area (TPSA) is 0 Å². The maximum Gasteiger partial charge on any atom is 2.00 e. The molecule has 0 rings (SSSR count). The summed E-state index contributed by atoms with van der Waals surface area (Å²) in [6.07, 6.45) is 3.65. The van der Waals surface area contributed by atoms with Gasteiger partial charge in [-0.15, -0.1) is 0 Å². The van der Waals surface area contributed by atoms with Gasteiger partial charge in [0.15, 0.2) is 0 Å². The van der Waals surface area contributed by atoms with Gasteiger partial charge < -0.3 is 14.4 Å². The first-order valence-electron chi connectivity index (χ1n) is 2.21. The molecular weight excluding hydrogens is 209 g/mol. The van der Waals surface area contributed by atoms with Crippen LogP contribution in [-0.2, 0) is 0 Å². The third kappa shape index (κ3) is 18.4. The molecule has 0 aromatic carbocycles. The minimum Gasteiger partial charge on any atom is -0.358 e. The average Bonchev–Trinajstić information content (AvgIpc) is 1.41.